The summed E-state index contributed by atoms with van der Waals surface area (Å²) in [6.07, 6.45) is 3.13. The first-order valence-electron chi connectivity index (χ1n) is 9.94. The van der Waals surface area contributed by atoms with Crippen molar-refractivity contribution < 1.29 is 9.53 Å². The van der Waals surface area contributed by atoms with Crippen LogP contribution in [0.2, 0.25) is 0 Å². The molecule has 3 aliphatic heterocycles. The number of hydrogen-bond acceptors (Lipinski definition) is 4. The van der Waals surface area contributed by atoms with E-state index in [0.29, 0.717) is 24.4 Å². The zero-order valence-electron chi connectivity index (χ0n) is 15.5. The van der Waals surface area contributed by atoms with Gasteiger partial charge in [0.2, 0.25) is 5.91 Å². The predicted octanol–water partition coefficient (Wildman–Crippen LogP) is 3.09. The summed E-state index contributed by atoms with van der Waals surface area (Å²) in [5.41, 5.74) is 2.50. The van der Waals surface area contributed by atoms with Gasteiger partial charge in [-0.1, -0.05) is 30.3 Å². The van der Waals surface area contributed by atoms with E-state index in [1.165, 1.54) is 12.0 Å². The number of rotatable bonds is 6. The molecule has 3 saturated heterocycles. The molecule has 3 fully saturated rings. The number of thiophene rings is 1. The number of carbonyl (C=O) groups is 1. The quantitative estimate of drug-likeness (QED) is 0.835. The molecule has 1 amide bonds. The van der Waals surface area contributed by atoms with Gasteiger partial charge in [-0.2, -0.15) is 11.3 Å². The zero-order valence-corrected chi connectivity index (χ0v) is 16.3. The Morgan fingerprint density at radius 1 is 1.26 bits per heavy atom. The van der Waals surface area contributed by atoms with Gasteiger partial charge in [0.25, 0.3) is 0 Å². The van der Waals surface area contributed by atoms with Gasteiger partial charge >= 0.3 is 0 Å². The fraction of sp³-hybridized carbons (Fsp3) is 0.500. The van der Waals surface area contributed by atoms with Gasteiger partial charge in [-0.05, 0) is 40.8 Å². The number of carbonyl (C=O) groups excluding carboxylic acids is 1. The van der Waals surface area contributed by atoms with E-state index in [1.807, 2.05) is 16.8 Å². The molecule has 142 valence electrons. The molecule has 0 aliphatic carbocycles. The minimum Gasteiger partial charge on any atom is -0.370 e. The zero-order chi connectivity index (χ0) is 18.3. The third-order valence-corrected chi connectivity index (χ3v) is 7.32. The summed E-state index contributed by atoms with van der Waals surface area (Å²) in [7, 11) is 0. The maximum Gasteiger partial charge on any atom is 0.224 e. The van der Waals surface area contributed by atoms with Gasteiger partial charge in [0, 0.05) is 38.0 Å². The summed E-state index contributed by atoms with van der Waals surface area (Å²) < 4.78 is 6.51. The van der Waals surface area contributed by atoms with E-state index in [4.69, 9.17) is 4.74 Å². The van der Waals surface area contributed by atoms with Crippen LogP contribution in [0.4, 0.5) is 0 Å². The predicted molar refractivity (Wildman–Crippen MR) is 107 cm³/mol. The molecule has 1 spiro atoms. The highest BCUT2D eigenvalue weighted by Crippen LogP contribution is 2.54. The van der Waals surface area contributed by atoms with Crippen LogP contribution in [0.25, 0.3) is 0 Å². The minimum atomic E-state index is 0.0300. The molecule has 0 radical (unpaired) electrons. The molecule has 1 aromatic carbocycles. The lowest BCUT2D eigenvalue weighted by Crippen LogP contribution is -2.42. The Labute approximate surface area is 164 Å². The fourth-order valence-corrected chi connectivity index (χ4v) is 6.06. The molecule has 1 aromatic heterocycles. The van der Waals surface area contributed by atoms with Crippen LogP contribution in [0.1, 0.15) is 24.0 Å². The first-order chi connectivity index (χ1) is 13.2. The first-order valence-corrected chi connectivity index (χ1v) is 10.9. The second-order valence-electron chi connectivity index (χ2n) is 8.30. The van der Waals surface area contributed by atoms with Gasteiger partial charge < -0.3 is 10.1 Å². The van der Waals surface area contributed by atoms with Crippen molar-refractivity contribution in [2.75, 3.05) is 19.6 Å². The van der Waals surface area contributed by atoms with Crippen LogP contribution in [-0.4, -0.2) is 42.1 Å². The lowest BCUT2D eigenvalue weighted by molar-refractivity contribution is -0.120. The Kier molecular flexibility index (Phi) is 4.54. The Morgan fingerprint density at radius 3 is 2.96 bits per heavy atom. The van der Waals surface area contributed by atoms with E-state index in [2.05, 4.69) is 40.5 Å². The van der Waals surface area contributed by atoms with Crippen molar-refractivity contribution in [3.63, 3.8) is 0 Å². The van der Waals surface area contributed by atoms with Crippen LogP contribution < -0.4 is 5.32 Å². The normalized spacial score (nSPS) is 31.9. The van der Waals surface area contributed by atoms with E-state index in [1.54, 1.807) is 11.3 Å². The van der Waals surface area contributed by atoms with E-state index in [0.717, 1.165) is 38.2 Å². The topological polar surface area (TPSA) is 41.6 Å². The van der Waals surface area contributed by atoms with Crippen LogP contribution in [0.3, 0.4) is 0 Å². The van der Waals surface area contributed by atoms with Crippen molar-refractivity contribution >= 4 is 17.2 Å². The van der Waals surface area contributed by atoms with E-state index in [9.17, 15) is 4.79 Å². The maximum atomic E-state index is 12.3. The fourth-order valence-electron chi connectivity index (χ4n) is 5.39. The molecule has 5 heteroatoms. The number of nitrogens with zero attached hydrogens (tertiary/aromatic N) is 1. The van der Waals surface area contributed by atoms with Crippen LogP contribution in [-0.2, 0) is 22.5 Å². The Hall–Kier alpha value is -1.69. The number of nitrogens with one attached hydrogen (secondary N) is 1. The Balaban J connectivity index is 1.21. The highest BCUT2D eigenvalue weighted by molar-refractivity contribution is 7.08. The van der Waals surface area contributed by atoms with Crippen LogP contribution in [0, 0.1) is 11.8 Å². The number of ether oxygens (including phenoxy) is 1. The Morgan fingerprint density at radius 2 is 2.15 bits per heavy atom. The van der Waals surface area contributed by atoms with Gasteiger partial charge in [0.1, 0.15) is 0 Å². The van der Waals surface area contributed by atoms with Crippen LogP contribution >= 0.6 is 11.3 Å². The van der Waals surface area contributed by atoms with Crippen LogP contribution in [0.15, 0.2) is 47.2 Å². The second kappa shape index (κ2) is 7.04. The SMILES string of the molecule is O=C(Cc1ccsc1)NC[C@H]1[C@H]2CN(Cc3ccccc3)C[C@]23CC[C@H]1O3. The number of fused-ring (bicyclic) bond motifs is 1. The first kappa shape index (κ1) is 17.4. The summed E-state index contributed by atoms with van der Waals surface area (Å²) in [5, 5.41) is 7.26. The third-order valence-electron chi connectivity index (χ3n) is 6.58. The molecule has 2 aromatic rings. The average Bonchev–Trinajstić information content (AvgIpc) is 3.42. The van der Waals surface area contributed by atoms with Gasteiger partial charge in [-0.25, -0.2) is 0 Å². The van der Waals surface area contributed by atoms with Crippen molar-refractivity contribution in [3.8, 4) is 0 Å². The number of amides is 1. The van der Waals surface area contributed by atoms with Crippen molar-refractivity contribution in [1.82, 2.24) is 10.2 Å². The average molecular weight is 383 g/mol. The summed E-state index contributed by atoms with van der Waals surface area (Å²) in [6, 6.07) is 12.7. The molecule has 0 saturated carbocycles. The standard InChI is InChI=1S/C22H26N2O2S/c25-21(10-17-7-9-27-14-17)23-11-18-19-13-24(12-16-4-2-1-3-5-16)15-22(19)8-6-20(18)26-22/h1-5,7,9,14,18-20H,6,8,10-13,15H2,(H,23,25)/t18-,19+,20+,22+/m0/s1. The van der Waals surface area contributed by atoms with Crippen molar-refractivity contribution in [1.29, 1.82) is 0 Å². The second-order valence-corrected chi connectivity index (χ2v) is 9.08. The molecule has 4 atom stereocenters. The molecular weight excluding hydrogens is 356 g/mol. The summed E-state index contributed by atoms with van der Waals surface area (Å²) in [6.45, 7) is 3.85. The van der Waals surface area contributed by atoms with Crippen LogP contribution in [0.5, 0.6) is 0 Å². The molecule has 0 unspecified atom stereocenters. The molecule has 2 bridgehead atoms. The van der Waals surface area contributed by atoms with E-state index >= 15 is 0 Å². The summed E-state index contributed by atoms with van der Waals surface area (Å²) >= 11 is 1.64. The van der Waals surface area contributed by atoms with Gasteiger partial charge in [0.15, 0.2) is 0 Å². The lowest BCUT2D eigenvalue weighted by atomic mass is 9.73. The summed E-state index contributed by atoms with van der Waals surface area (Å²) in [5.74, 6) is 1.12. The molecule has 1 N–H and O–H groups in total. The maximum absolute atomic E-state index is 12.3. The molecule has 3 aliphatic rings. The molecule has 5 rings (SSSR count). The number of hydrogen-bond donors (Lipinski definition) is 1. The number of likely N-dealkylation sites (tertiary alicyclic amines) is 1. The highest BCUT2D eigenvalue weighted by Gasteiger charge is 2.62. The monoisotopic (exact) mass is 382 g/mol. The highest BCUT2D eigenvalue weighted by atomic mass is 32.1. The Bertz CT molecular complexity index is 794. The van der Waals surface area contributed by atoms with Gasteiger partial charge in [0.05, 0.1) is 18.1 Å². The van der Waals surface area contributed by atoms with E-state index in [-0.39, 0.29) is 11.5 Å². The largest absolute Gasteiger partial charge is 0.370 e. The molecular formula is C22H26N2O2S. The van der Waals surface area contributed by atoms with Gasteiger partial charge in [-0.3, -0.25) is 9.69 Å². The number of benzene rings is 1. The molecule has 4 heterocycles. The molecule has 4 nitrogen and oxygen atoms in total. The third kappa shape index (κ3) is 3.33. The van der Waals surface area contributed by atoms with E-state index < -0.39 is 0 Å². The lowest BCUT2D eigenvalue weighted by Gasteiger charge is -2.29. The van der Waals surface area contributed by atoms with Crippen molar-refractivity contribution in [2.45, 2.75) is 37.5 Å². The van der Waals surface area contributed by atoms with Crippen molar-refractivity contribution in [3.05, 3.63) is 58.3 Å². The van der Waals surface area contributed by atoms with Crippen molar-refractivity contribution in [2.24, 2.45) is 11.8 Å². The smallest absolute Gasteiger partial charge is 0.224 e. The van der Waals surface area contributed by atoms with Gasteiger partial charge in [-0.15, -0.1) is 0 Å². The summed E-state index contributed by atoms with van der Waals surface area (Å²) in [4.78, 5) is 14.9. The minimum absolute atomic E-state index is 0.0300. The molecule has 27 heavy (non-hydrogen) atoms.